The molecule has 172 valence electrons. The van der Waals surface area contributed by atoms with Gasteiger partial charge in [0.05, 0.1) is 18.9 Å². The van der Waals surface area contributed by atoms with E-state index in [-0.39, 0.29) is 0 Å². The second-order valence-electron chi connectivity index (χ2n) is 8.87. The minimum absolute atomic E-state index is 0.309. The molecule has 0 amide bonds. The van der Waals surface area contributed by atoms with E-state index in [9.17, 15) is 14.7 Å². The highest BCUT2D eigenvalue weighted by molar-refractivity contribution is 5.81. The zero-order valence-electron chi connectivity index (χ0n) is 19.4. The summed E-state index contributed by atoms with van der Waals surface area (Å²) in [5.41, 5.74) is 1.43. The van der Waals surface area contributed by atoms with Gasteiger partial charge in [-0.1, -0.05) is 54.6 Å². The van der Waals surface area contributed by atoms with Gasteiger partial charge in [0, 0.05) is 0 Å². The number of carbonyl (C=O) groups excluding carboxylic acids is 1. The largest absolute Gasteiger partial charge is 0.497 e. The van der Waals surface area contributed by atoms with Crippen molar-refractivity contribution in [3.8, 4) is 5.75 Å². The molecule has 2 aromatic rings. The van der Waals surface area contributed by atoms with Crippen LogP contribution in [0.4, 0.5) is 0 Å². The van der Waals surface area contributed by atoms with Crippen LogP contribution in [-0.4, -0.2) is 29.8 Å². The molecule has 0 aliphatic rings. The first kappa shape index (κ1) is 25.2. The Morgan fingerprint density at radius 2 is 1.66 bits per heavy atom. The third kappa shape index (κ3) is 8.58. The topological polar surface area (TPSA) is 72.8 Å². The van der Waals surface area contributed by atoms with E-state index in [1.165, 1.54) is 0 Å². The van der Waals surface area contributed by atoms with Crippen molar-refractivity contribution >= 4 is 18.0 Å². The van der Waals surface area contributed by atoms with E-state index in [1.54, 1.807) is 27.9 Å². The highest BCUT2D eigenvalue weighted by atomic mass is 16.6. The molecule has 1 N–H and O–H groups in total. The second-order valence-corrected chi connectivity index (χ2v) is 8.87. The van der Waals surface area contributed by atoms with E-state index in [4.69, 9.17) is 9.47 Å². The van der Waals surface area contributed by atoms with Gasteiger partial charge in [-0.25, -0.2) is 0 Å². The summed E-state index contributed by atoms with van der Waals surface area (Å²) in [6.07, 6.45) is 5.87. The van der Waals surface area contributed by atoms with E-state index in [0.29, 0.717) is 19.3 Å². The van der Waals surface area contributed by atoms with Crippen molar-refractivity contribution in [1.82, 2.24) is 0 Å². The summed E-state index contributed by atoms with van der Waals surface area (Å²) in [5.74, 6) is -2.21. The fourth-order valence-electron chi connectivity index (χ4n) is 3.53. The van der Waals surface area contributed by atoms with E-state index in [0.717, 1.165) is 23.3 Å². The lowest BCUT2D eigenvalue weighted by molar-refractivity contribution is -0.166. The van der Waals surface area contributed by atoms with Gasteiger partial charge in [0.2, 0.25) is 0 Å². The van der Waals surface area contributed by atoms with Gasteiger partial charge in [-0.15, -0.1) is 0 Å². The summed E-state index contributed by atoms with van der Waals surface area (Å²) in [5, 5.41) is 9.92. The third-order valence-electron chi connectivity index (χ3n) is 5.15. The Hall–Kier alpha value is -3.08. The van der Waals surface area contributed by atoms with Crippen LogP contribution in [0.2, 0.25) is 0 Å². The average Bonchev–Trinajstić information content (AvgIpc) is 2.74. The minimum Gasteiger partial charge on any atom is -0.497 e. The van der Waals surface area contributed by atoms with Crippen LogP contribution < -0.4 is 4.74 Å². The molecule has 0 aliphatic carbocycles. The first-order valence-electron chi connectivity index (χ1n) is 11.0. The SMILES string of the molecule is COc1ccc(CCC[C@@H](C(=O)O)[C@H](CC=Cc2ccccc2)C(=O)OC(C)(C)C)cc1. The molecule has 0 saturated heterocycles. The fraction of sp³-hybridized carbons (Fsp3) is 0.407. The van der Waals surface area contributed by atoms with Crippen molar-refractivity contribution in [3.63, 3.8) is 0 Å². The Morgan fingerprint density at radius 1 is 1.00 bits per heavy atom. The van der Waals surface area contributed by atoms with Gasteiger partial charge >= 0.3 is 11.9 Å². The maximum Gasteiger partial charge on any atom is 0.310 e. The zero-order valence-corrected chi connectivity index (χ0v) is 19.4. The number of carboxylic acid groups (broad SMARTS) is 1. The first-order valence-corrected chi connectivity index (χ1v) is 11.0. The van der Waals surface area contributed by atoms with Gasteiger partial charge in [-0.2, -0.15) is 0 Å². The molecule has 0 fully saturated rings. The number of aryl methyl sites for hydroxylation is 1. The van der Waals surface area contributed by atoms with Crippen LogP contribution in [0.25, 0.3) is 6.08 Å². The van der Waals surface area contributed by atoms with Gasteiger partial charge in [0.15, 0.2) is 0 Å². The number of allylic oxidation sites excluding steroid dienone is 1. The molecule has 32 heavy (non-hydrogen) atoms. The van der Waals surface area contributed by atoms with Gasteiger partial charge in [0.1, 0.15) is 11.4 Å². The molecule has 0 heterocycles. The highest BCUT2D eigenvalue weighted by Crippen LogP contribution is 2.27. The van der Waals surface area contributed by atoms with Crippen molar-refractivity contribution in [1.29, 1.82) is 0 Å². The van der Waals surface area contributed by atoms with Crippen LogP contribution in [0.5, 0.6) is 5.75 Å². The lowest BCUT2D eigenvalue weighted by Crippen LogP contribution is -2.35. The fourth-order valence-corrected chi connectivity index (χ4v) is 3.53. The third-order valence-corrected chi connectivity index (χ3v) is 5.15. The van der Waals surface area contributed by atoms with Crippen LogP contribution in [0, 0.1) is 11.8 Å². The lowest BCUT2D eigenvalue weighted by atomic mass is 9.84. The maximum atomic E-state index is 12.9. The molecule has 5 nitrogen and oxygen atoms in total. The normalized spacial score (nSPS) is 13.5. The Bertz CT molecular complexity index is 879. The number of esters is 1. The molecular formula is C27H34O5. The van der Waals surface area contributed by atoms with Gasteiger partial charge in [-0.05, 0) is 69.7 Å². The molecule has 0 aliphatic heterocycles. The Labute approximate surface area is 191 Å². The van der Waals surface area contributed by atoms with Gasteiger partial charge in [0.25, 0.3) is 0 Å². The number of hydrogen-bond donors (Lipinski definition) is 1. The van der Waals surface area contributed by atoms with Gasteiger partial charge < -0.3 is 14.6 Å². The number of rotatable bonds is 11. The molecular weight excluding hydrogens is 404 g/mol. The van der Waals surface area contributed by atoms with Crippen molar-refractivity contribution in [2.24, 2.45) is 11.8 Å². The maximum absolute atomic E-state index is 12.9. The first-order chi connectivity index (χ1) is 15.2. The highest BCUT2D eigenvalue weighted by Gasteiger charge is 2.35. The van der Waals surface area contributed by atoms with Crippen LogP contribution in [-0.2, 0) is 20.7 Å². The number of carbonyl (C=O) groups is 2. The lowest BCUT2D eigenvalue weighted by Gasteiger charge is -2.27. The molecule has 0 saturated carbocycles. The van der Waals surface area contributed by atoms with E-state index in [1.807, 2.05) is 66.7 Å². The summed E-state index contributed by atoms with van der Waals surface area (Å²) < 4.78 is 10.7. The molecule has 2 rings (SSSR count). The molecule has 0 aromatic heterocycles. The van der Waals surface area contributed by atoms with E-state index < -0.39 is 29.4 Å². The minimum atomic E-state index is -0.969. The van der Waals surface area contributed by atoms with E-state index >= 15 is 0 Å². The molecule has 0 bridgehead atoms. The Morgan fingerprint density at radius 3 is 2.22 bits per heavy atom. The molecule has 2 atom stereocenters. The summed E-state index contributed by atoms with van der Waals surface area (Å²) >= 11 is 0. The van der Waals surface area contributed by atoms with Crippen LogP contribution >= 0.6 is 0 Å². The van der Waals surface area contributed by atoms with Crippen LogP contribution in [0.15, 0.2) is 60.7 Å². The molecule has 0 radical (unpaired) electrons. The number of methoxy groups -OCH3 is 1. The summed E-state index contributed by atoms with van der Waals surface area (Å²) in [4.78, 5) is 25.0. The van der Waals surface area contributed by atoms with Crippen molar-refractivity contribution < 1.29 is 24.2 Å². The quantitative estimate of drug-likeness (QED) is 0.450. The van der Waals surface area contributed by atoms with Crippen LogP contribution in [0.1, 0.15) is 51.2 Å². The zero-order chi connectivity index (χ0) is 23.6. The predicted octanol–water partition coefficient (Wildman–Crippen LogP) is 5.78. The average molecular weight is 439 g/mol. The second kappa shape index (κ2) is 12.1. The summed E-state index contributed by atoms with van der Waals surface area (Å²) in [6, 6.07) is 17.5. The van der Waals surface area contributed by atoms with Crippen LogP contribution in [0.3, 0.4) is 0 Å². The van der Waals surface area contributed by atoms with Crippen molar-refractivity contribution in [2.75, 3.05) is 7.11 Å². The molecule has 0 unspecified atom stereocenters. The number of aliphatic carboxylic acids is 1. The number of hydrogen-bond acceptors (Lipinski definition) is 4. The van der Waals surface area contributed by atoms with Crippen molar-refractivity contribution in [2.45, 2.75) is 52.1 Å². The number of carboxylic acids is 1. The Kier molecular flexibility index (Phi) is 9.51. The molecule has 0 spiro atoms. The standard InChI is InChI=1S/C27H34O5/c1-27(2,3)32-26(30)24(15-9-12-20-10-6-5-7-11-20)23(25(28)29)14-8-13-21-16-18-22(31-4)19-17-21/h5-7,9-12,16-19,23-24H,8,13-15H2,1-4H3,(H,28,29)/t23-,24+/m1/s1. The Balaban J connectivity index is 2.10. The predicted molar refractivity (Wildman–Crippen MR) is 126 cm³/mol. The van der Waals surface area contributed by atoms with Gasteiger partial charge in [-0.3, -0.25) is 9.59 Å². The molecule has 5 heteroatoms. The summed E-state index contributed by atoms with van der Waals surface area (Å²) in [6.45, 7) is 5.38. The smallest absolute Gasteiger partial charge is 0.310 e. The monoisotopic (exact) mass is 438 g/mol. The number of benzene rings is 2. The molecule has 2 aromatic carbocycles. The van der Waals surface area contributed by atoms with Crippen molar-refractivity contribution in [3.05, 3.63) is 71.8 Å². The number of ether oxygens (including phenoxy) is 2. The van der Waals surface area contributed by atoms with E-state index in [2.05, 4.69) is 0 Å². The summed E-state index contributed by atoms with van der Waals surface area (Å²) in [7, 11) is 1.62.